The predicted octanol–water partition coefficient (Wildman–Crippen LogP) is 3.38. The van der Waals surface area contributed by atoms with Crippen LogP contribution >= 0.6 is 11.6 Å². The summed E-state index contributed by atoms with van der Waals surface area (Å²) >= 11 is 5.79. The molecule has 0 fully saturated rings. The molecule has 1 aromatic heterocycles. The molecular weight excluding hydrogens is 264 g/mol. The van der Waals surface area contributed by atoms with E-state index in [4.69, 9.17) is 16.7 Å². The molecule has 0 unspecified atom stereocenters. The highest BCUT2D eigenvalue weighted by molar-refractivity contribution is 6.36. The van der Waals surface area contributed by atoms with Crippen molar-refractivity contribution in [2.24, 2.45) is 0 Å². The van der Waals surface area contributed by atoms with Gasteiger partial charge in [0.25, 0.3) is 0 Å². The van der Waals surface area contributed by atoms with Crippen LogP contribution in [0.25, 0.3) is 11.3 Å². The molecule has 0 atom stereocenters. The molecule has 3 nitrogen and oxygen atoms in total. The van der Waals surface area contributed by atoms with Gasteiger partial charge in [0.1, 0.15) is 17.3 Å². The van der Waals surface area contributed by atoms with Gasteiger partial charge in [-0.25, -0.2) is 13.6 Å². The Morgan fingerprint density at radius 2 is 1.94 bits per heavy atom. The quantitative estimate of drug-likeness (QED) is 0.909. The molecule has 92 valence electrons. The summed E-state index contributed by atoms with van der Waals surface area (Å²) in [4.78, 5) is 14.6. The number of nitrogens with zero attached hydrogens (tertiary/aromatic N) is 1. The van der Waals surface area contributed by atoms with Crippen LogP contribution in [0, 0.1) is 11.6 Å². The zero-order valence-corrected chi connectivity index (χ0v) is 9.58. The lowest BCUT2D eigenvalue weighted by Gasteiger charge is -2.08. The maximum absolute atomic E-state index is 13.7. The monoisotopic (exact) mass is 269 g/mol. The van der Waals surface area contributed by atoms with Gasteiger partial charge in [0.15, 0.2) is 0 Å². The zero-order valence-electron chi connectivity index (χ0n) is 8.82. The highest BCUT2D eigenvalue weighted by Gasteiger charge is 2.20. The van der Waals surface area contributed by atoms with E-state index in [0.29, 0.717) is 0 Å². The van der Waals surface area contributed by atoms with Gasteiger partial charge in [-0.3, -0.25) is 4.98 Å². The summed E-state index contributed by atoms with van der Waals surface area (Å²) in [5, 5.41) is 8.50. The fraction of sp³-hybridized carbons (Fsp3) is 0. The molecule has 0 radical (unpaired) electrons. The number of aromatic nitrogens is 1. The van der Waals surface area contributed by atoms with Crippen LogP contribution in [0.4, 0.5) is 8.78 Å². The van der Waals surface area contributed by atoms with E-state index in [1.807, 2.05) is 0 Å². The van der Waals surface area contributed by atoms with Crippen molar-refractivity contribution in [1.82, 2.24) is 4.98 Å². The third kappa shape index (κ3) is 2.04. The number of carbonyl (C=O) groups is 1. The summed E-state index contributed by atoms with van der Waals surface area (Å²) in [6, 6.07) is 4.36. The molecule has 6 heteroatoms. The van der Waals surface area contributed by atoms with Gasteiger partial charge in [0.2, 0.25) is 0 Å². The Morgan fingerprint density at radius 1 is 1.22 bits per heavy atom. The first-order valence-electron chi connectivity index (χ1n) is 4.84. The lowest BCUT2D eigenvalue weighted by molar-refractivity contribution is 0.0697. The molecule has 18 heavy (non-hydrogen) atoms. The van der Waals surface area contributed by atoms with E-state index in [9.17, 15) is 13.6 Å². The molecule has 1 aromatic carbocycles. The summed E-state index contributed by atoms with van der Waals surface area (Å²) in [7, 11) is 0. The molecule has 0 amide bonds. The highest BCUT2D eigenvalue weighted by Crippen LogP contribution is 2.33. The number of carboxylic acid groups (broad SMARTS) is 1. The van der Waals surface area contributed by atoms with Crippen molar-refractivity contribution < 1.29 is 18.7 Å². The summed E-state index contributed by atoms with van der Waals surface area (Å²) in [6.07, 6.45) is 1.27. The minimum absolute atomic E-state index is 0.307. The van der Waals surface area contributed by atoms with Gasteiger partial charge in [0, 0.05) is 6.20 Å². The first-order chi connectivity index (χ1) is 8.52. The molecule has 1 heterocycles. The van der Waals surface area contributed by atoms with Crippen LogP contribution in [0.3, 0.4) is 0 Å². The largest absolute Gasteiger partial charge is 0.478 e. The Hall–Kier alpha value is -2.01. The molecule has 1 N–H and O–H groups in total. The second-order valence-electron chi connectivity index (χ2n) is 3.42. The molecule has 0 saturated heterocycles. The van der Waals surface area contributed by atoms with Crippen molar-refractivity contribution in [3.05, 3.63) is 52.7 Å². The minimum Gasteiger partial charge on any atom is -0.478 e. The molecule has 0 aliphatic heterocycles. The third-order valence-corrected chi connectivity index (χ3v) is 2.71. The van der Waals surface area contributed by atoms with Gasteiger partial charge in [0.05, 0.1) is 16.1 Å². The van der Waals surface area contributed by atoms with E-state index in [1.165, 1.54) is 12.3 Å². The normalized spacial score (nSPS) is 10.4. The molecule has 0 saturated carbocycles. The van der Waals surface area contributed by atoms with E-state index in [0.717, 1.165) is 18.2 Å². The van der Waals surface area contributed by atoms with Gasteiger partial charge in [-0.2, -0.15) is 0 Å². The smallest absolute Gasteiger partial charge is 0.337 e. The van der Waals surface area contributed by atoms with E-state index in [-0.39, 0.29) is 21.8 Å². The summed E-state index contributed by atoms with van der Waals surface area (Å²) in [5.74, 6) is -2.93. The Kier molecular flexibility index (Phi) is 3.25. The molecular formula is C12H6ClF2NO2. The summed E-state index contributed by atoms with van der Waals surface area (Å²) < 4.78 is 27.2. The Labute approximate surface area is 106 Å². The Bertz CT molecular complexity index is 631. The van der Waals surface area contributed by atoms with Crippen molar-refractivity contribution in [1.29, 1.82) is 0 Å². The molecule has 0 bridgehead atoms. The van der Waals surface area contributed by atoms with Crippen LogP contribution < -0.4 is 0 Å². The summed E-state index contributed by atoms with van der Waals surface area (Å²) in [5.41, 5.74) is -0.976. The van der Waals surface area contributed by atoms with Crippen LogP contribution in [0.15, 0.2) is 30.5 Å². The van der Waals surface area contributed by atoms with Crippen LogP contribution in [0.1, 0.15) is 10.4 Å². The Balaban J connectivity index is 2.75. The average Bonchev–Trinajstić information content (AvgIpc) is 2.31. The van der Waals surface area contributed by atoms with Gasteiger partial charge >= 0.3 is 5.97 Å². The average molecular weight is 270 g/mol. The second-order valence-corrected chi connectivity index (χ2v) is 3.80. The van der Waals surface area contributed by atoms with Crippen molar-refractivity contribution >= 4 is 17.6 Å². The van der Waals surface area contributed by atoms with E-state index < -0.39 is 17.6 Å². The first kappa shape index (κ1) is 12.4. The predicted molar refractivity (Wildman–Crippen MR) is 61.6 cm³/mol. The number of hydrogen-bond donors (Lipinski definition) is 1. The lowest BCUT2D eigenvalue weighted by Crippen LogP contribution is -2.01. The fourth-order valence-corrected chi connectivity index (χ4v) is 1.83. The van der Waals surface area contributed by atoms with Crippen molar-refractivity contribution in [2.75, 3.05) is 0 Å². The number of carboxylic acids is 1. The van der Waals surface area contributed by atoms with Crippen LogP contribution in [0.5, 0.6) is 0 Å². The second kappa shape index (κ2) is 4.70. The third-order valence-electron chi connectivity index (χ3n) is 2.32. The van der Waals surface area contributed by atoms with Gasteiger partial charge in [-0.05, 0) is 24.3 Å². The first-order valence-corrected chi connectivity index (χ1v) is 5.22. The standard InChI is InChI=1S/C12H6ClF2NO2/c13-10-6(12(17)18)3-4-7(14)9(10)11-8(15)2-1-5-16-11/h1-5H,(H,17,18). The number of benzene rings is 1. The Morgan fingerprint density at radius 3 is 2.56 bits per heavy atom. The maximum Gasteiger partial charge on any atom is 0.337 e. The fourth-order valence-electron chi connectivity index (χ4n) is 1.50. The SMILES string of the molecule is O=C(O)c1ccc(F)c(-c2ncccc2F)c1Cl. The molecule has 0 spiro atoms. The molecule has 2 aromatic rings. The number of hydrogen-bond acceptors (Lipinski definition) is 2. The maximum atomic E-state index is 13.7. The van der Waals surface area contributed by atoms with Gasteiger partial charge in [-0.15, -0.1) is 0 Å². The number of rotatable bonds is 2. The van der Waals surface area contributed by atoms with Gasteiger partial charge < -0.3 is 5.11 Å². The number of halogens is 3. The van der Waals surface area contributed by atoms with Crippen molar-refractivity contribution in [3.63, 3.8) is 0 Å². The number of pyridine rings is 1. The summed E-state index contributed by atoms with van der Waals surface area (Å²) in [6.45, 7) is 0. The zero-order chi connectivity index (χ0) is 13.3. The minimum atomic E-state index is -1.32. The molecule has 0 aliphatic rings. The van der Waals surface area contributed by atoms with Crippen LogP contribution in [-0.2, 0) is 0 Å². The molecule has 2 rings (SSSR count). The van der Waals surface area contributed by atoms with E-state index >= 15 is 0 Å². The highest BCUT2D eigenvalue weighted by atomic mass is 35.5. The van der Waals surface area contributed by atoms with Crippen LogP contribution in [-0.4, -0.2) is 16.1 Å². The van der Waals surface area contributed by atoms with Gasteiger partial charge in [-0.1, -0.05) is 11.6 Å². The lowest BCUT2D eigenvalue weighted by atomic mass is 10.1. The van der Waals surface area contributed by atoms with Crippen molar-refractivity contribution in [3.8, 4) is 11.3 Å². The van der Waals surface area contributed by atoms with E-state index in [2.05, 4.69) is 4.98 Å². The van der Waals surface area contributed by atoms with Crippen LogP contribution in [0.2, 0.25) is 5.02 Å². The van der Waals surface area contributed by atoms with Crippen molar-refractivity contribution in [2.45, 2.75) is 0 Å². The number of aromatic carboxylic acids is 1. The topological polar surface area (TPSA) is 50.2 Å². The molecule has 0 aliphatic carbocycles. The van der Waals surface area contributed by atoms with E-state index in [1.54, 1.807) is 0 Å².